The van der Waals surface area contributed by atoms with Crippen LogP contribution in [0.5, 0.6) is 5.75 Å². The highest BCUT2D eigenvalue weighted by Gasteiger charge is 2.40. The van der Waals surface area contributed by atoms with Crippen LogP contribution in [0.15, 0.2) is 28.8 Å². The molecule has 1 saturated heterocycles. The number of halogens is 1. The molecule has 3 rings (SSSR count). The van der Waals surface area contributed by atoms with E-state index in [4.69, 9.17) is 20.9 Å². The normalized spacial score (nSPS) is 17.8. The molecule has 6 nitrogen and oxygen atoms in total. The molecule has 0 saturated carbocycles. The molecule has 1 fully saturated rings. The molecular formula is C18H22ClN3O3. The van der Waals surface area contributed by atoms with Gasteiger partial charge in [-0.15, -0.1) is 11.6 Å². The minimum atomic E-state index is -0.608. The first-order valence-electron chi connectivity index (χ1n) is 8.31. The van der Waals surface area contributed by atoms with Gasteiger partial charge in [0.15, 0.2) is 0 Å². The second-order valence-corrected chi connectivity index (χ2v) is 7.13. The molecule has 0 radical (unpaired) electrons. The van der Waals surface area contributed by atoms with Gasteiger partial charge in [-0.3, -0.25) is 4.79 Å². The summed E-state index contributed by atoms with van der Waals surface area (Å²) in [5.74, 6) is 2.05. The van der Waals surface area contributed by atoms with E-state index in [2.05, 4.69) is 10.1 Å². The number of carbonyl (C=O) groups excluding carboxylic acids is 1. The average Bonchev–Trinajstić information content (AvgIpc) is 3.30. The van der Waals surface area contributed by atoms with Crippen LogP contribution in [0.25, 0.3) is 11.4 Å². The number of benzene rings is 1. The fourth-order valence-corrected chi connectivity index (χ4v) is 3.05. The summed E-state index contributed by atoms with van der Waals surface area (Å²) < 4.78 is 10.6. The van der Waals surface area contributed by atoms with Crippen molar-refractivity contribution in [3.63, 3.8) is 0 Å². The molecular weight excluding hydrogens is 342 g/mol. The van der Waals surface area contributed by atoms with E-state index in [0.717, 1.165) is 24.2 Å². The van der Waals surface area contributed by atoms with E-state index in [-0.39, 0.29) is 17.8 Å². The smallest absolute Gasteiger partial charge is 0.249 e. The summed E-state index contributed by atoms with van der Waals surface area (Å²) in [7, 11) is 1.62. The Balaban J connectivity index is 1.82. The van der Waals surface area contributed by atoms with Crippen LogP contribution in [-0.2, 0) is 4.79 Å². The summed E-state index contributed by atoms with van der Waals surface area (Å²) in [6.45, 7) is 4.40. The Labute approximate surface area is 152 Å². The van der Waals surface area contributed by atoms with Gasteiger partial charge in [-0.2, -0.15) is 4.98 Å². The van der Waals surface area contributed by atoms with Gasteiger partial charge in [0.05, 0.1) is 12.5 Å². The van der Waals surface area contributed by atoms with Gasteiger partial charge in [0.25, 0.3) is 0 Å². The molecule has 1 atom stereocenters. The van der Waals surface area contributed by atoms with Crippen molar-refractivity contribution < 1.29 is 14.1 Å². The van der Waals surface area contributed by atoms with Crippen molar-refractivity contribution in [3.8, 4) is 17.1 Å². The summed E-state index contributed by atoms with van der Waals surface area (Å²) in [6, 6.07) is 7.26. The van der Waals surface area contributed by atoms with Gasteiger partial charge in [0, 0.05) is 18.0 Å². The third-order valence-corrected chi connectivity index (χ3v) is 5.17. The predicted molar refractivity (Wildman–Crippen MR) is 94.5 cm³/mol. The number of nitrogens with zero attached hydrogens (tertiary/aromatic N) is 3. The Hall–Kier alpha value is -2.08. The Morgan fingerprint density at radius 1 is 1.40 bits per heavy atom. The number of hydrogen-bond acceptors (Lipinski definition) is 5. The van der Waals surface area contributed by atoms with Gasteiger partial charge in [0.1, 0.15) is 11.8 Å². The zero-order valence-electron chi connectivity index (χ0n) is 14.7. The quantitative estimate of drug-likeness (QED) is 0.758. The molecule has 1 amide bonds. The van der Waals surface area contributed by atoms with Crippen molar-refractivity contribution in [3.05, 3.63) is 30.2 Å². The van der Waals surface area contributed by atoms with E-state index in [1.165, 1.54) is 0 Å². The number of carbonyl (C=O) groups is 1. The number of methoxy groups -OCH3 is 1. The Bertz CT molecular complexity index is 742. The maximum absolute atomic E-state index is 12.8. The summed E-state index contributed by atoms with van der Waals surface area (Å²) >= 11 is 5.96. The van der Waals surface area contributed by atoms with Gasteiger partial charge in [-0.1, -0.05) is 5.16 Å². The summed E-state index contributed by atoms with van der Waals surface area (Å²) in [5, 5.41) is 4.07. The molecule has 2 heterocycles. The molecule has 0 bridgehead atoms. The van der Waals surface area contributed by atoms with E-state index in [1.807, 2.05) is 43.0 Å². The van der Waals surface area contributed by atoms with Crippen LogP contribution in [0.2, 0.25) is 0 Å². The van der Waals surface area contributed by atoms with Crippen molar-refractivity contribution in [2.24, 2.45) is 5.41 Å². The van der Waals surface area contributed by atoms with Gasteiger partial charge in [-0.05, 0) is 51.0 Å². The number of ether oxygens (including phenoxy) is 1. The fraction of sp³-hybridized carbons (Fsp3) is 0.500. The highest BCUT2D eigenvalue weighted by Crippen LogP contribution is 2.35. The lowest BCUT2D eigenvalue weighted by molar-refractivity contribution is -0.140. The van der Waals surface area contributed by atoms with Crippen LogP contribution in [0.1, 0.15) is 38.6 Å². The van der Waals surface area contributed by atoms with Crippen molar-refractivity contribution in [1.82, 2.24) is 15.0 Å². The number of alkyl halides is 1. The van der Waals surface area contributed by atoms with Crippen molar-refractivity contribution in [1.29, 1.82) is 0 Å². The molecule has 7 heteroatoms. The number of aromatic nitrogens is 2. The van der Waals surface area contributed by atoms with Crippen molar-refractivity contribution in [2.75, 3.05) is 19.5 Å². The van der Waals surface area contributed by atoms with E-state index in [1.54, 1.807) is 7.11 Å². The third-order valence-electron chi connectivity index (χ3n) is 4.50. The highest BCUT2D eigenvalue weighted by molar-refractivity contribution is 6.19. The molecule has 0 spiro atoms. The Morgan fingerprint density at radius 2 is 2.12 bits per heavy atom. The van der Waals surface area contributed by atoms with Crippen LogP contribution in [0.4, 0.5) is 0 Å². The molecule has 25 heavy (non-hydrogen) atoms. The zero-order valence-corrected chi connectivity index (χ0v) is 15.4. The minimum Gasteiger partial charge on any atom is -0.497 e. The number of hydrogen-bond donors (Lipinski definition) is 0. The van der Waals surface area contributed by atoms with Crippen LogP contribution >= 0.6 is 11.6 Å². The van der Waals surface area contributed by atoms with E-state index >= 15 is 0 Å². The first-order chi connectivity index (χ1) is 12.0. The summed E-state index contributed by atoms with van der Waals surface area (Å²) in [6.07, 6.45) is 1.73. The largest absolute Gasteiger partial charge is 0.497 e. The van der Waals surface area contributed by atoms with E-state index in [0.29, 0.717) is 18.3 Å². The van der Waals surface area contributed by atoms with Gasteiger partial charge < -0.3 is 14.2 Å². The standard InChI is InChI=1S/C18H22ClN3O3/c1-18(2,11-19)17(23)22-10-4-5-14(22)16-20-15(21-25-16)12-6-8-13(24-3)9-7-12/h6-9,14H,4-5,10-11H2,1-3H3. The van der Waals surface area contributed by atoms with Crippen molar-refractivity contribution in [2.45, 2.75) is 32.7 Å². The molecule has 1 aliphatic heterocycles. The molecule has 134 valence electrons. The van der Waals surface area contributed by atoms with Crippen LogP contribution in [-0.4, -0.2) is 40.5 Å². The maximum Gasteiger partial charge on any atom is 0.249 e. The lowest BCUT2D eigenvalue weighted by Crippen LogP contribution is -2.41. The Morgan fingerprint density at radius 3 is 2.76 bits per heavy atom. The van der Waals surface area contributed by atoms with Crippen molar-refractivity contribution >= 4 is 17.5 Å². The molecule has 1 aromatic heterocycles. The lowest BCUT2D eigenvalue weighted by Gasteiger charge is -2.30. The number of likely N-dealkylation sites (tertiary alicyclic amines) is 1. The highest BCUT2D eigenvalue weighted by atomic mass is 35.5. The number of rotatable bonds is 5. The first-order valence-corrected chi connectivity index (χ1v) is 8.85. The molecule has 0 aliphatic carbocycles. The second-order valence-electron chi connectivity index (χ2n) is 6.86. The monoisotopic (exact) mass is 363 g/mol. The minimum absolute atomic E-state index is 0.0224. The third kappa shape index (κ3) is 3.49. The van der Waals surface area contributed by atoms with E-state index in [9.17, 15) is 4.79 Å². The summed E-state index contributed by atoms with van der Waals surface area (Å²) in [4.78, 5) is 19.1. The molecule has 0 N–H and O–H groups in total. The summed E-state index contributed by atoms with van der Waals surface area (Å²) in [5.41, 5.74) is 0.232. The second kappa shape index (κ2) is 7.04. The fourth-order valence-electron chi connectivity index (χ4n) is 2.94. The average molecular weight is 364 g/mol. The zero-order chi connectivity index (χ0) is 18.0. The van der Waals surface area contributed by atoms with Crippen LogP contribution in [0.3, 0.4) is 0 Å². The maximum atomic E-state index is 12.8. The van der Waals surface area contributed by atoms with Gasteiger partial charge >= 0.3 is 0 Å². The Kier molecular flexibility index (Phi) is 4.99. The molecule has 2 aromatic rings. The van der Waals surface area contributed by atoms with Crippen LogP contribution in [0, 0.1) is 5.41 Å². The molecule has 1 aliphatic rings. The number of amides is 1. The lowest BCUT2D eigenvalue weighted by atomic mass is 9.94. The van der Waals surface area contributed by atoms with Crippen LogP contribution < -0.4 is 4.74 Å². The SMILES string of the molecule is COc1ccc(-c2noc(C3CCCN3C(=O)C(C)(C)CCl)n2)cc1. The molecule has 1 aromatic carbocycles. The predicted octanol–water partition coefficient (Wildman–Crippen LogP) is 3.67. The van der Waals surface area contributed by atoms with Gasteiger partial charge in [0.2, 0.25) is 17.6 Å². The first kappa shape index (κ1) is 17.7. The topological polar surface area (TPSA) is 68.5 Å². The van der Waals surface area contributed by atoms with Gasteiger partial charge in [-0.25, -0.2) is 0 Å². The van der Waals surface area contributed by atoms with E-state index < -0.39 is 5.41 Å². The molecule has 1 unspecified atom stereocenters.